The summed E-state index contributed by atoms with van der Waals surface area (Å²) in [5.41, 5.74) is 4.24. The molecule has 24 heavy (non-hydrogen) atoms. The Morgan fingerprint density at radius 2 is 2.04 bits per heavy atom. The molecule has 1 amide bonds. The van der Waals surface area contributed by atoms with Crippen LogP contribution in [0.25, 0.3) is 0 Å². The summed E-state index contributed by atoms with van der Waals surface area (Å²) in [6.45, 7) is 0.719. The van der Waals surface area contributed by atoms with E-state index in [2.05, 4.69) is 15.8 Å². The van der Waals surface area contributed by atoms with E-state index in [1.54, 1.807) is 12.1 Å². The zero-order valence-corrected chi connectivity index (χ0v) is 13.5. The van der Waals surface area contributed by atoms with Gasteiger partial charge < -0.3 is 15.2 Å². The number of anilines is 1. The number of para-hydroxylation sites is 1. The molecule has 3 N–H and O–H groups in total. The number of carbonyl (C=O) groups excluding carboxylic acids is 1. The van der Waals surface area contributed by atoms with Crippen LogP contribution in [0, 0.1) is 0 Å². The number of hydrogen-bond donors (Lipinski definition) is 3. The number of hydrogen-bond acceptors (Lipinski definition) is 5. The normalized spacial score (nSPS) is 10.5. The van der Waals surface area contributed by atoms with E-state index in [1.807, 2.05) is 30.3 Å². The maximum Gasteiger partial charge on any atom is 0.240 e. The zero-order valence-electron chi connectivity index (χ0n) is 13.5. The van der Waals surface area contributed by atoms with Crippen LogP contribution < -0.4 is 15.5 Å². The Morgan fingerprint density at radius 1 is 1.25 bits per heavy atom. The Kier molecular flexibility index (Phi) is 6.64. The molecule has 0 aromatic heterocycles. The third-order valence-corrected chi connectivity index (χ3v) is 3.29. The summed E-state index contributed by atoms with van der Waals surface area (Å²) in [5, 5.41) is 16.7. The van der Waals surface area contributed by atoms with Crippen LogP contribution in [0.5, 0.6) is 11.5 Å². The van der Waals surface area contributed by atoms with Crippen molar-refractivity contribution in [2.45, 2.75) is 12.8 Å². The maximum absolute atomic E-state index is 11.7. The number of hydrazone groups is 1. The maximum atomic E-state index is 11.7. The highest BCUT2D eigenvalue weighted by Gasteiger charge is 2.02. The van der Waals surface area contributed by atoms with E-state index in [0.29, 0.717) is 18.6 Å². The monoisotopic (exact) mass is 327 g/mol. The molecule has 0 aliphatic rings. The SMILES string of the molecule is COc1cc(/C=N\NC(=O)CCCNc2ccccc2)ccc1O. The summed E-state index contributed by atoms with van der Waals surface area (Å²) in [6.07, 6.45) is 2.60. The van der Waals surface area contributed by atoms with Gasteiger partial charge >= 0.3 is 0 Å². The van der Waals surface area contributed by atoms with Crippen molar-refractivity contribution in [2.75, 3.05) is 19.0 Å². The van der Waals surface area contributed by atoms with Gasteiger partial charge in [0.25, 0.3) is 0 Å². The van der Waals surface area contributed by atoms with E-state index in [0.717, 1.165) is 17.8 Å². The zero-order chi connectivity index (χ0) is 17.2. The Morgan fingerprint density at radius 3 is 2.79 bits per heavy atom. The van der Waals surface area contributed by atoms with E-state index in [4.69, 9.17) is 4.74 Å². The second-order valence-electron chi connectivity index (χ2n) is 5.12. The van der Waals surface area contributed by atoms with Gasteiger partial charge in [-0.3, -0.25) is 4.79 Å². The van der Waals surface area contributed by atoms with Crippen molar-refractivity contribution in [3.8, 4) is 11.5 Å². The number of benzene rings is 2. The average molecular weight is 327 g/mol. The average Bonchev–Trinajstić information content (AvgIpc) is 2.61. The molecular weight excluding hydrogens is 306 g/mol. The molecule has 0 heterocycles. The van der Waals surface area contributed by atoms with Crippen molar-refractivity contribution in [3.05, 3.63) is 54.1 Å². The van der Waals surface area contributed by atoms with Crippen LogP contribution in [0.2, 0.25) is 0 Å². The van der Waals surface area contributed by atoms with E-state index in [1.165, 1.54) is 19.4 Å². The molecule has 126 valence electrons. The molecule has 6 nitrogen and oxygen atoms in total. The van der Waals surface area contributed by atoms with E-state index in [-0.39, 0.29) is 11.7 Å². The predicted octanol–water partition coefficient (Wildman–Crippen LogP) is 2.74. The van der Waals surface area contributed by atoms with Gasteiger partial charge in [0.2, 0.25) is 5.91 Å². The second kappa shape index (κ2) is 9.19. The third kappa shape index (κ3) is 5.64. The molecule has 2 aromatic carbocycles. The molecule has 6 heteroatoms. The van der Waals surface area contributed by atoms with Crippen LogP contribution in [0.15, 0.2) is 53.6 Å². The summed E-state index contributed by atoms with van der Waals surface area (Å²) in [7, 11) is 1.47. The van der Waals surface area contributed by atoms with Gasteiger partial charge in [-0.05, 0) is 42.3 Å². The topological polar surface area (TPSA) is 83.0 Å². The number of nitrogens with one attached hydrogen (secondary N) is 2. The highest BCUT2D eigenvalue weighted by atomic mass is 16.5. The fraction of sp³-hybridized carbons (Fsp3) is 0.222. The minimum atomic E-state index is -0.146. The second-order valence-corrected chi connectivity index (χ2v) is 5.12. The molecule has 0 atom stereocenters. The van der Waals surface area contributed by atoms with E-state index in [9.17, 15) is 9.90 Å². The Bertz CT molecular complexity index is 687. The van der Waals surface area contributed by atoms with Crippen LogP contribution >= 0.6 is 0 Å². The number of carbonyl (C=O) groups is 1. The number of phenolic OH excluding ortho intramolecular Hbond substituents is 1. The van der Waals surface area contributed by atoms with Crippen molar-refractivity contribution in [1.29, 1.82) is 0 Å². The molecule has 2 rings (SSSR count). The van der Waals surface area contributed by atoms with E-state index >= 15 is 0 Å². The van der Waals surface area contributed by atoms with Crippen molar-refractivity contribution in [3.63, 3.8) is 0 Å². The number of methoxy groups -OCH3 is 1. The Hall–Kier alpha value is -3.02. The largest absolute Gasteiger partial charge is 0.504 e. The molecule has 0 saturated carbocycles. The summed E-state index contributed by atoms with van der Waals surface area (Å²) in [5.74, 6) is 0.272. The lowest BCUT2D eigenvalue weighted by Crippen LogP contribution is -2.18. The molecule has 0 radical (unpaired) electrons. The molecule has 0 bridgehead atoms. The van der Waals surface area contributed by atoms with Crippen LogP contribution in [0.3, 0.4) is 0 Å². The number of amides is 1. The molecule has 0 aliphatic carbocycles. The van der Waals surface area contributed by atoms with Gasteiger partial charge in [-0.1, -0.05) is 18.2 Å². The fourth-order valence-electron chi connectivity index (χ4n) is 2.05. The van der Waals surface area contributed by atoms with Gasteiger partial charge in [-0.25, -0.2) is 5.43 Å². The van der Waals surface area contributed by atoms with Gasteiger partial charge in [0.15, 0.2) is 11.5 Å². The lowest BCUT2D eigenvalue weighted by molar-refractivity contribution is -0.121. The molecule has 0 aliphatic heterocycles. The number of phenols is 1. The lowest BCUT2D eigenvalue weighted by atomic mass is 10.2. The highest BCUT2D eigenvalue weighted by molar-refractivity contribution is 5.83. The molecule has 0 spiro atoms. The third-order valence-electron chi connectivity index (χ3n) is 3.29. The van der Waals surface area contributed by atoms with Gasteiger partial charge in [0, 0.05) is 18.7 Å². The minimum absolute atomic E-state index is 0.0598. The van der Waals surface area contributed by atoms with Crippen molar-refractivity contribution in [2.24, 2.45) is 5.10 Å². The molecule has 0 unspecified atom stereocenters. The first kappa shape index (κ1) is 17.3. The molecule has 0 fully saturated rings. The molecular formula is C18H21N3O3. The first-order valence-electron chi connectivity index (χ1n) is 7.67. The van der Waals surface area contributed by atoms with Crippen molar-refractivity contribution < 1.29 is 14.6 Å². The summed E-state index contributed by atoms with van der Waals surface area (Å²) in [4.78, 5) is 11.7. The predicted molar refractivity (Wildman–Crippen MR) is 94.6 cm³/mol. The van der Waals surface area contributed by atoms with Gasteiger partial charge in [0.1, 0.15) is 0 Å². The minimum Gasteiger partial charge on any atom is -0.504 e. The summed E-state index contributed by atoms with van der Waals surface area (Å²) < 4.78 is 5.01. The first-order valence-corrected chi connectivity index (χ1v) is 7.67. The Labute approximate surface area is 141 Å². The van der Waals surface area contributed by atoms with Gasteiger partial charge in [-0.2, -0.15) is 5.10 Å². The summed E-state index contributed by atoms with van der Waals surface area (Å²) >= 11 is 0. The van der Waals surface area contributed by atoms with E-state index < -0.39 is 0 Å². The van der Waals surface area contributed by atoms with Crippen LogP contribution in [-0.4, -0.2) is 30.9 Å². The fourth-order valence-corrected chi connectivity index (χ4v) is 2.05. The molecule has 0 saturated heterocycles. The quantitative estimate of drug-likeness (QED) is 0.395. The first-order chi connectivity index (χ1) is 11.7. The summed E-state index contributed by atoms with van der Waals surface area (Å²) in [6, 6.07) is 14.7. The standard InChI is InChI=1S/C18H21N3O3/c1-24-17-12-14(9-10-16(17)22)13-20-21-18(23)8-5-11-19-15-6-3-2-4-7-15/h2-4,6-7,9-10,12-13,19,22H,5,8,11H2,1H3,(H,21,23)/b20-13-. The number of nitrogens with zero attached hydrogens (tertiary/aromatic N) is 1. The van der Waals surface area contributed by atoms with Gasteiger partial charge in [-0.15, -0.1) is 0 Å². The van der Waals surface area contributed by atoms with Crippen molar-refractivity contribution in [1.82, 2.24) is 5.43 Å². The number of ether oxygens (including phenoxy) is 1. The number of aromatic hydroxyl groups is 1. The van der Waals surface area contributed by atoms with Crippen molar-refractivity contribution >= 4 is 17.8 Å². The van der Waals surface area contributed by atoms with Crippen LogP contribution in [0.4, 0.5) is 5.69 Å². The van der Waals surface area contributed by atoms with Crippen LogP contribution in [0.1, 0.15) is 18.4 Å². The van der Waals surface area contributed by atoms with Crippen LogP contribution in [-0.2, 0) is 4.79 Å². The van der Waals surface area contributed by atoms with Gasteiger partial charge in [0.05, 0.1) is 13.3 Å². The Balaban J connectivity index is 1.69. The lowest BCUT2D eigenvalue weighted by Gasteiger charge is -2.05. The highest BCUT2D eigenvalue weighted by Crippen LogP contribution is 2.25. The number of rotatable bonds is 8. The smallest absolute Gasteiger partial charge is 0.240 e. The molecule has 2 aromatic rings.